The fraction of sp³-hybridized carbons (Fsp3) is 0.167. The van der Waals surface area contributed by atoms with Crippen LogP contribution in [0.3, 0.4) is 0 Å². The molecule has 136 valence electrons. The SMILES string of the molecule is OCc1cn(Cc2nc(-c3ccc4c(c3)OCO4)no2)nc1-c1cccs1. The molecule has 0 saturated heterocycles. The van der Waals surface area contributed by atoms with Crippen LogP contribution < -0.4 is 9.47 Å². The Bertz CT molecular complexity index is 1090. The molecule has 1 aromatic carbocycles. The Morgan fingerprint density at radius 1 is 1.19 bits per heavy atom. The molecule has 0 fully saturated rings. The molecule has 0 saturated carbocycles. The van der Waals surface area contributed by atoms with Crippen LogP contribution in [-0.2, 0) is 13.2 Å². The second-order valence-electron chi connectivity index (χ2n) is 5.92. The first-order valence-corrected chi connectivity index (χ1v) is 9.12. The lowest BCUT2D eigenvalue weighted by atomic mass is 10.2. The van der Waals surface area contributed by atoms with Crippen molar-refractivity contribution in [2.45, 2.75) is 13.2 Å². The Morgan fingerprint density at radius 3 is 2.96 bits per heavy atom. The first kappa shape index (κ1) is 16.0. The maximum absolute atomic E-state index is 9.60. The maximum Gasteiger partial charge on any atom is 0.248 e. The van der Waals surface area contributed by atoms with Gasteiger partial charge in [0.15, 0.2) is 11.5 Å². The van der Waals surface area contributed by atoms with Crippen molar-refractivity contribution >= 4 is 11.3 Å². The zero-order valence-electron chi connectivity index (χ0n) is 14.0. The summed E-state index contributed by atoms with van der Waals surface area (Å²) in [4.78, 5) is 5.44. The summed E-state index contributed by atoms with van der Waals surface area (Å²) in [7, 11) is 0. The Hall–Kier alpha value is -3.17. The minimum atomic E-state index is -0.0838. The van der Waals surface area contributed by atoms with Crippen LogP contribution >= 0.6 is 11.3 Å². The van der Waals surface area contributed by atoms with E-state index >= 15 is 0 Å². The summed E-state index contributed by atoms with van der Waals surface area (Å²) >= 11 is 1.58. The summed E-state index contributed by atoms with van der Waals surface area (Å²) in [5.41, 5.74) is 2.31. The molecule has 0 bridgehead atoms. The van der Waals surface area contributed by atoms with E-state index < -0.39 is 0 Å². The highest BCUT2D eigenvalue weighted by Crippen LogP contribution is 2.35. The normalized spacial score (nSPS) is 12.6. The quantitative estimate of drug-likeness (QED) is 0.567. The highest BCUT2D eigenvalue weighted by molar-refractivity contribution is 7.13. The highest BCUT2D eigenvalue weighted by Gasteiger charge is 2.17. The molecule has 0 amide bonds. The van der Waals surface area contributed by atoms with Gasteiger partial charge in [-0.15, -0.1) is 11.3 Å². The summed E-state index contributed by atoms with van der Waals surface area (Å²) in [5.74, 6) is 2.26. The molecule has 0 spiro atoms. The van der Waals surface area contributed by atoms with Gasteiger partial charge < -0.3 is 19.1 Å². The Labute approximate surface area is 157 Å². The Kier molecular flexibility index (Phi) is 3.88. The zero-order valence-corrected chi connectivity index (χ0v) is 14.8. The van der Waals surface area contributed by atoms with Crippen LogP contribution in [0.4, 0.5) is 0 Å². The van der Waals surface area contributed by atoms with Crippen molar-refractivity contribution in [3.8, 4) is 33.5 Å². The van der Waals surface area contributed by atoms with E-state index in [1.807, 2.05) is 35.7 Å². The molecular formula is C18H14N4O4S. The number of rotatable bonds is 5. The molecule has 0 unspecified atom stereocenters. The van der Waals surface area contributed by atoms with E-state index in [1.165, 1.54) is 0 Å². The maximum atomic E-state index is 9.60. The molecule has 27 heavy (non-hydrogen) atoms. The number of nitrogens with zero attached hydrogens (tertiary/aromatic N) is 4. The summed E-state index contributed by atoms with van der Waals surface area (Å²) < 4.78 is 17.7. The third-order valence-electron chi connectivity index (χ3n) is 4.16. The first-order valence-electron chi connectivity index (χ1n) is 8.24. The average Bonchev–Trinajstić information content (AvgIpc) is 3.46. The van der Waals surface area contributed by atoms with Gasteiger partial charge in [0.05, 0.1) is 11.5 Å². The summed E-state index contributed by atoms with van der Waals surface area (Å²) in [6.07, 6.45) is 1.79. The van der Waals surface area contributed by atoms with Gasteiger partial charge in [0.25, 0.3) is 0 Å². The molecule has 8 nitrogen and oxygen atoms in total. The number of benzene rings is 1. The van der Waals surface area contributed by atoms with Crippen molar-refractivity contribution < 1.29 is 19.1 Å². The van der Waals surface area contributed by atoms with Crippen molar-refractivity contribution in [3.63, 3.8) is 0 Å². The second-order valence-corrected chi connectivity index (χ2v) is 6.86. The topological polar surface area (TPSA) is 95.4 Å². The minimum absolute atomic E-state index is 0.0838. The van der Waals surface area contributed by atoms with Crippen LogP contribution in [0.5, 0.6) is 11.5 Å². The lowest BCUT2D eigenvalue weighted by molar-refractivity contribution is 0.174. The number of hydrogen-bond acceptors (Lipinski definition) is 8. The third kappa shape index (κ3) is 2.96. The zero-order chi connectivity index (χ0) is 18.2. The molecule has 5 rings (SSSR count). The molecule has 1 N–H and O–H groups in total. The number of aliphatic hydroxyl groups is 1. The Balaban J connectivity index is 1.40. The summed E-state index contributed by atoms with van der Waals surface area (Å²) in [5, 5.41) is 20.2. The fourth-order valence-corrected chi connectivity index (χ4v) is 3.64. The van der Waals surface area contributed by atoms with Crippen molar-refractivity contribution in [1.29, 1.82) is 0 Å². The summed E-state index contributed by atoms with van der Waals surface area (Å²) in [6, 6.07) is 9.43. The van der Waals surface area contributed by atoms with Crippen LogP contribution in [0, 0.1) is 0 Å². The van der Waals surface area contributed by atoms with Crippen molar-refractivity contribution in [3.05, 3.63) is 53.4 Å². The average molecular weight is 382 g/mol. The number of aromatic nitrogens is 4. The molecule has 1 aliphatic rings. The molecule has 0 aliphatic carbocycles. The predicted octanol–water partition coefficient (Wildman–Crippen LogP) is 2.93. The van der Waals surface area contributed by atoms with E-state index in [2.05, 4.69) is 15.2 Å². The predicted molar refractivity (Wildman–Crippen MR) is 96.4 cm³/mol. The highest BCUT2D eigenvalue weighted by atomic mass is 32.1. The number of ether oxygens (including phenoxy) is 2. The van der Waals surface area contributed by atoms with Gasteiger partial charge in [-0.25, -0.2) is 0 Å². The number of thiophene rings is 1. The smallest absolute Gasteiger partial charge is 0.248 e. The van der Waals surface area contributed by atoms with Gasteiger partial charge in [0.1, 0.15) is 12.2 Å². The van der Waals surface area contributed by atoms with Crippen LogP contribution in [0.1, 0.15) is 11.5 Å². The van der Waals surface area contributed by atoms with Gasteiger partial charge in [-0.05, 0) is 29.6 Å². The molecule has 4 heterocycles. The van der Waals surface area contributed by atoms with Crippen molar-refractivity contribution in [1.82, 2.24) is 19.9 Å². The van der Waals surface area contributed by atoms with E-state index in [9.17, 15) is 5.11 Å². The van der Waals surface area contributed by atoms with Crippen molar-refractivity contribution in [2.75, 3.05) is 6.79 Å². The van der Waals surface area contributed by atoms with E-state index in [0.29, 0.717) is 29.8 Å². The monoisotopic (exact) mass is 382 g/mol. The van der Waals surface area contributed by atoms with Crippen LogP contribution in [0.15, 0.2) is 46.4 Å². The third-order valence-corrected chi connectivity index (χ3v) is 5.04. The first-order chi connectivity index (χ1) is 13.3. The van der Waals surface area contributed by atoms with Crippen LogP contribution in [-0.4, -0.2) is 31.8 Å². The van der Waals surface area contributed by atoms with Crippen LogP contribution in [0.25, 0.3) is 22.0 Å². The van der Waals surface area contributed by atoms with Crippen LogP contribution in [0.2, 0.25) is 0 Å². The minimum Gasteiger partial charge on any atom is -0.454 e. The molecule has 4 aromatic rings. The number of hydrogen-bond donors (Lipinski definition) is 1. The van der Waals surface area contributed by atoms with Gasteiger partial charge in [-0.2, -0.15) is 10.1 Å². The standard InChI is InChI=1S/C18H14N4O4S/c23-9-12-7-22(20-17(12)15-2-1-5-27-15)8-16-19-18(21-26-16)11-3-4-13-14(6-11)25-10-24-13/h1-7,23H,8-10H2. The fourth-order valence-electron chi connectivity index (χ4n) is 2.89. The largest absolute Gasteiger partial charge is 0.454 e. The molecule has 3 aromatic heterocycles. The molecule has 0 radical (unpaired) electrons. The van der Waals surface area contributed by atoms with E-state index in [4.69, 9.17) is 14.0 Å². The van der Waals surface area contributed by atoms with Gasteiger partial charge >= 0.3 is 0 Å². The summed E-state index contributed by atoms with van der Waals surface area (Å²) in [6.45, 7) is 0.449. The van der Waals surface area contributed by atoms with Gasteiger partial charge in [0.2, 0.25) is 18.5 Å². The van der Waals surface area contributed by atoms with Gasteiger partial charge in [-0.1, -0.05) is 11.2 Å². The second kappa shape index (κ2) is 6.53. The van der Waals surface area contributed by atoms with E-state index in [0.717, 1.165) is 21.7 Å². The number of fused-ring (bicyclic) bond motifs is 1. The van der Waals surface area contributed by atoms with Crippen molar-refractivity contribution in [2.24, 2.45) is 0 Å². The lowest BCUT2D eigenvalue weighted by Gasteiger charge is -1.97. The molecular weight excluding hydrogens is 368 g/mol. The Morgan fingerprint density at radius 2 is 2.11 bits per heavy atom. The van der Waals surface area contributed by atoms with Gasteiger partial charge in [0, 0.05) is 17.3 Å². The molecule has 9 heteroatoms. The van der Waals surface area contributed by atoms with Gasteiger partial charge in [-0.3, -0.25) is 4.68 Å². The molecule has 0 atom stereocenters. The number of aliphatic hydroxyl groups excluding tert-OH is 1. The lowest BCUT2D eigenvalue weighted by Crippen LogP contribution is -2.00. The molecule has 1 aliphatic heterocycles. The van der Waals surface area contributed by atoms with E-state index in [-0.39, 0.29) is 13.4 Å². The van der Waals surface area contributed by atoms with E-state index in [1.54, 1.807) is 22.2 Å².